The van der Waals surface area contributed by atoms with Crippen molar-refractivity contribution in [1.29, 1.82) is 0 Å². The quantitative estimate of drug-likeness (QED) is 0.313. The fraction of sp³-hybridized carbons (Fsp3) is 0.273. The van der Waals surface area contributed by atoms with Crippen molar-refractivity contribution in [3.05, 3.63) is 69.3 Å². The Kier molecular flexibility index (Phi) is 9.13. The van der Waals surface area contributed by atoms with Crippen LogP contribution >= 0.6 is 22.6 Å². The number of carbonyl (C=O) groups excluding carboxylic acids is 1. The minimum atomic E-state index is -1.04. The van der Waals surface area contributed by atoms with Crippen LogP contribution in [-0.2, 0) is 14.3 Å². The van der Waals surface area contributed by atoms with Gasteiger partial charge in [0.1, 0.15) is 5.75 Å². The van der Waals surface area contributed by atoms with E-state index in [9.17, 15) is 14.7 Å². The summed E-state index contributed by atoms with van der Waals surface area (Å²) in [5, 5.41) is 21.8. The molecule has 0 aromatic heterocycles. The van der Waals surface area contributed by atoms with E-state index in [0.29, 0.717) is 24.1 Å². The zero-order valence-corrected chi connectivity index (χ0v) is 18.8. The predicted octanol–water partition coefficient (Wildman–Crippen LogP) is 5.03. The number of phenols is 1. The number of hydrogen-bond donors (Lipinski definition) is 3. The summed E-state index contributed by atoms with van der Waals surface area (Å²) < 4.78 is 12.0. The van der Waals surface area contributed by atoms with Crippen LogP contribution in [0.1, 0.15) is 30.1 Å². The molecule has 0 aliphatic carbocycles. The van der Waals surface area contributed by atoms with Crippen LogP contribution in [0.15, 0.2) is 54.6 Å². The third-order valence-corrected chi connectivity index (χ3v) is 5.02. The van der Waals surface area contributed by atoms with Crippen LogP contribution in [0.5, 0.6) is 5.75 Å². The van der Waals surface area contributed by atoms with Gasteiger partial charge in [-0.1, -0.05) is 23.8 Å². The molecule has 3 N–H and O–H groups in total. The first kappa shape index (κ1) is 23.7. The van der Waals surface area contributed by atoms with Gasteiger partial charge in [-0.2, -0.15) is 0 Å². The number of methoxy groups -OCH3 is 1. The highest BCUT2D eigenvalue weighted by molar-refractivity contribution is 14.1. The molecule has 160 valence electrons. The van der Waals surface area contributed by atoms with Crippen LogP contribution in [0.4, 0.5) is 10.5 Å². The lowest BCUT2D eigenvalue weighted by Gasteiger charge is -2.27. The Morgan fingerprint density at radius 1 is 1.20 bits per heavy atom. The fourth-order valence-corrected chi connectivity index (χ4v) is 3.35. The number of amides is 1. The maximum atomic E-state index is 12.6. The van der Waals surface area contributed by atoms with Crippen molar-refractivity contribution in [1.82, 2.24) is 0 Å². The monoisotopic (exact) mass is 525 g/mol. The molecular formula is C22H24INO6. The molecule has 0 saturated heterocycles. The number of carboxylic acid groups (broad SMARTS) is 1. The number of carbonyl (C=O) groups is 2. The molecule has 2 aromatic carbocycles. The highest BCUT2D eigenvalue weighted by Gasteiger charge is 2.29. The van der Waals surface area contributed by atoms with Crippen LogP contribution < -0.4 is 5.32 Å². The summed E-state index contributed by atoms with van der Waals surface area (Å²) in [6.07, 6.45) is 1.15. The molecule has 30 heavy (non-hydrogen) atoms. The molecule has 0 radical (unpaired) electrons. The van der Waals surface area contributed by atoms with Crippen molar-refractivity contribution in [2.75, 3.05) is 12.4 Å². The van der Waals surface area contributed by atoms with Gasteiger partial charge in [0, 0.05) is 28.0 Å². The summed E-state index contributed by atoms with van der Waals surface area (Å²) in [5.74, 6) is -1.06. The second-order valence-electron chi connectivity index (χ2n) is 6.61. The van der Waals surface area contributed by atoms with Gasteiger partial charge in [0.2, 0.25) is 0 Å². The number of aryl methyl sites for hydroxylation is 1. The molecule has 2 atom stereocenters. The summed E-state index contributed by atoms with van der Waals surface area (Å²) in [4.78, 5) is 23.2. The Labute approximate surface area is 188 Å². The Bertz CT molecular complexity index is 897. The van der Waals surface area contributed by atoms with Crippen LogP contribution in [0.3, 0.4) is 0 Å². The first-order valence-corrected chi connectivity index (χ1v) is 10.3. The summed E-state index contributed by atoms with van der Waals surface area (Å²) in [6.45, 7) is 1.94. The topological polar surface area (TPSA) is 105 Å². The van der Waals surface area contributed by atoms with E-state index in [4.69, 9.17) is 14.6 Å². The molecule has 2 aromatic rings. The normalized spacial score (nSPS) is 13.0. The Morgan fingerprint density at radius 3 is 2.53 bits per heavy atom. The number of nitrogens with one attached hydrogen (secondary N) is 1. The molecular weight excluding hydrogens is 501 g/mol. The van der Waals surface area contributed by atoms with Crippen LogP contribution in [-0.4, -0.2) is 35.5 Å². The average Bonchev–Trinajstić information content (AvgIpc) is 2.70. The Morgan fingerprint density at radius 2 is 1.90 bits per heavy atom. The van der Waals surface area contributed by atoms with E-state index in [1.165, 1.54) is 19.3 Å². The average molecular weight is 525 g/mol. The molecule has 0 fully saturated rings. The molecule has 0 saturated carbocycles. The molecule has 1 amide bonds. The maximum absolute atomic E-state index is 12.6. The molecule has 0 aliphatic rings. The van der Waals surface area contributed by atoms with Crippen molar-refractivity contribution < 1.29 is 29.3 Å². The summed E-state index contributed by atoms with van der Waals surface area (Å²) in [7, 11) is 1.48. The Hall–Kier alpha value is -2.59. The number of rotatable bonds is 9. The number of phenolic OH excluding ortho intramolecular Hbond substituents is 1. The number of aromatic hydroxyl groups is 1. The highest BCUT2D eigenvalue weighted by Crippen LogP contribution is 2.34. The summed E-state index contributed by atoms with van der Waals surface area (Å²) in [5.41, 5.74) is 2.05. The van der Waals surface area contributed by atoms with Gasteiger partial charge in [0.25, 0.3) is 0 Å². The van der Waals surface area contributed by atoms with Crippen molar-refractivity contribution in [3.8, 4) is 5.75 Å². The number of hydrogen-bond acceptors (Lipinski definition) is 5. The van der Waals surface area contributed by atoms with E-state index in [1.54, 1.807) is 24.3 Å². The van der Waals surface area contributed by atoms with E-state index < -0.39 is 24.3 Å². The largest absolute Gasteiger partial charge is 0.508 e. The summed E-state index contributed by atoms with van der Waals surface area (Å²) >= 11 is 2.10. The van der Waals surface area contributed by atoms with Gasteiger partial charge < -0.3 is 19.7 Å². The number of anilines is 1. The number of carboxylic acids is 1. The molecule has 0 bridgehead atoms. The van der Waals surface area contributed by atoms with Gasteiger partial charge in [0.05, 0.1) is 6.10 Å². The van der Waals surface area contributed by atoms with E-state index in [2.05, 4.69) is 27.9 Å². The van der Waals surface area contributed by atoms with Gasteiger partial charge in [0.15, 0.2) is 6.10 Å². The van der Waals surface area contributed by atoms with Crippen LogP contribution in [0.2, 0.25) is 0 Å². The number of benzene rings is 2. The number of ether oxygens (including phenoxy) is 2. The van der Waals surface area contributed by atoms with Crippen molar-refractivity contribution in [2.45, 2.75) is 32.0 Å². The zero-order chi connectivity index (χ0) is 22.1. The lowest BCUT2D eigenvalue weighted by Crippen LogP contribution is -2.28. The molecule has 0 unspecified atom stereocenters. The molecule has 2 rings (SSSR count). The SMILES string of the molecule is CO[C@H](CC/C=C/C(=O)O)[C@H](OC(=O)Nc1ccc(C)cc1)c1cc(I)ccc1O. The van der Waals surface area contributed by atoms with E-state index in [0.717, 1.165) is 15.2 Å². The molecule has 8 heteroatoms. The molecule has 0 aliphatic heterocycles. The van der Waals surface area contributed by atoms with Gasteiger partial charge >= 0.3 is 12.1 Å². The van der Waals surface area contributed by atoms with Gasteiger partial charge in [-0.25, -0.2) is 9.59 Å². The van der Waals surface area contributed by atoms with Gasteiger partial charge in [-0.3, -0.25) is 5.32 Å². The minimum absolute atomic E-state index is 0.0216. The highest BCUT2D eigenvalue weighted by atomic mass is 127. The smallest absolute Gasteiger partial charge is 0.412 e. The van der Waals surface area contributed by atoms with E-state index in [1.807, 2.05) is 19.1 Å². The fourth-order valence-electron chi connectivity index (χ4n) is 2.83. The van der Waals surface area contributed by atoms with Crippen molar-refractivity contribution in [3.63, 3.8) is 0 Å². The Balaban J connectivity index is 2.23. The maximum Gasteiger partial charge on any atom is 0.412 e. The first-order chi connectivity index (χ1) is 14.3. The minimum Gasteiger partial charge on any atom is -0.508 e. The third kappa shape index (κ3) is 7.34. The van der Waals surface area contributed by atoms with E-state index >= 15 is 0 Å². The lowest BCUT2D eigenvalue weighted by atomic mass is 9.99. The van der Waals surface area contributed by atoms with Gasteiger partial charge in [-0.05, 0) is 72.7 Å². The van der Waals surface area contributed by atoms with Crippen molar-refractivity contribution in [2.24, 2.45) is 0 Å². The standard InChI is InChI=1S/C22H24INO6/c1-14-7-10-16(11-8-14)24-22(28)30-21(17-13-15(23)9-12-18(17)25)19(29-2)5-3-4-6-20(26)27/h4,6-13,19,21,25H,3,5H2,1-2H3,(H,24,28)(H,26,27)/b6-4+/t19-,21-/m1/s1. The number of halogens is 1. The molecule has 0 spiro atoms. The lowest BCUT2D eigenvalue weighted by molar-refractivity contribution is -0.131. The predicted molar refractivity (Wildman–Crippen MR) is 122 cm³/mol. The van der Waals surface area contributed by atoms with Crippen molar-refractivity contribution >= 4 is 40.3 Å². The second-order valence-corrected chi connectivity index (χ2v) is 7.86. The third-order valence-electron chi connectivity index (χ3n) is 4.35. The molecule has 0 heterocycles. The van der Waals surface area contributed by atoms with Gasteiger partial charge in [-0.15, -0.1) is 0 Å². The zero-order valence-electron chi connectivity index (χ0n) is 16.7. The molecule has 7 nitrogen and oxygen atoms in total. The van der Waals surface area contributed by atoms with E-state index in [-0.39, 0.29) is 5.75 Å². The summed E-state index contributed by atoms with van der Waals surface area (Å²) in [6, 6.07) is 12.2. The second kappa shape index (κ2) is 11.6. The van der Waals surface area contributed by atoms with Crippen LogP contribution in [0, 0.1) is 10.5 Å². The van der Waals surface area contributed by atoms with Crippen LogP contribution in [0.25, 0.3) is 0 Å². The number of allylic oxidation sites excluding steroid dienone is 1. The first-order valence-electron chi connectivity index (χ1n) is 9.25. The number of aliphatic carboxylic acids is 1.